The fourth-order valence-corrected chi connectivity index (χ4v) is 2.30. The molecule has 0 heterocycles. The second-order valence-electron chi connectivity index (χ2n) is 3.70. The average Bonchev–Trinajstić information content (AvgIpc) is 2.26. The number of nitrogens with zero attached hydrogens (tertiary/aromatic N) is 1. The second kappa shape index (κ2) is 5.73. The molecule has 1 rings (SSSR count). The van der Waals surface area contributed by atoms with Crippen molar-refractivity contribution in [2.24, 2.45) is 0 Å². The highest BCUT2D eigenvalue weighted by molar-refractivity contribution is 7.89. The maximum absolute atomic E-state index is 11.8. The minimum absolute atomic E-state index is 0.124. The summed E-state index contributed by atoms with van der Waals surface area (Å²) in [6.45, 7) is -0.484. The normalized spacial score (nSPS) is 12.4. The van der Waals surface area contributed by atoms with Gasteiger partial charge in [-0.3, -0.25) is 15.0 Å². The van der Waals surface area contributed by atoms with Gasteiger partial charge in [-0.1, -0.05) is 11.0 Å². The van der Waals surface area contributed by atoms with E-state index in [1.54, 1.807) is 0 Å². The lowest BCUT2D eigenvalue weighted by Gasteiger charge is -2.10. The monoisotopic (exact) mass is 314 g/mol. The molecule has 0 saturated heterocycles. The minimum Gasteiger partial charge on any atom is -0.277 e. The van der Waals surface area contributed by atoms with Crippen molar-refractivity contribution in [3.63, 3.8) is 0 Å². The lowest BCUT2D eigenvalue weighted by molar-refractivity contribution is -0.385. The predicted octanol–water partition coefficient (Wildman–Crippen LogP) is 1.68. The Bertz CT molecular complexity index is 614. The third-order valence-corrected chi connectivity index (χ3v) is 3.43. The molecule has 0 atom stereocenters. The Morgan fingerprint density at radius 3 is 2.50 bits per heavy atom. The Balaban J connectivity index is 2.97. The van der Waals surface area contributed by atoms with Crippen LogP contribution in [0.4, 0.5) is 18.9 Å². The number of hydrogen-bond donors (Lipinski definition) is 1. The van der Waals surface area contributed by atoms with Crippen molar-refractivity contribution in [2.75, 3.05) is 6.61 Å². The van der Waals surface area contributed by atoms with Gasteiger partial charge in [-0.2, -0.15) is 13.2 Å². The number of sulfonamides is 1. The number of aryl methyl sites for hydroxylation is 1. The van der Waals surface area contributed by atoms with Crippen LogP contribution in [0.1, 0.15) is 5.56 Å². The van der Waals surface area contributed by atoms with Gasteiger partial charge in [0.2, 0.25) is 0 Å². The zero-order chi connectivity index (χ0) is 15.6. The zero-order valence-electron chi connectivity index (χ0n) is 9.97. The van der Waals surface area contributed by atoms with Gasteiger partial charge in [-0.25, -0.2) is 8.42 Å². The van der Waals surface area contributed by atoms with Gasteiger partial charge in [0.15, 0.2) is 6.61 Å². The summed E-state index contributed by atoms with van der Waals surface area (Å²) in [6.07, 6.45) is -4.71. The third kappa shape index (κ3) is 4.43. The quantitative estimate of drug-likeness (QED) is 0.658. The van der Waals surface area contributed by atoms with Crippen LogP contribution in [0.15, 0.2) is 23.1 Å². The second-order valence-corrected chi connectivity index (χ2v) is 5.31. The summed E-state index contributed by atoms with van der Waals surface area (Å²) in [7, 11) is -4.45. The Hall–Kier alpha value is -1.72. The van der Waals surface area contributed by atoms with E-state index in [0.29, 0.717) is 0 Å². The van der Waals surface area contributed by atoms with E-state index in [1.165, 1.54) is 11.8 Å². The summed E-state index contributed by atoms with van der Waals surface area (Å²) in [5.74, 6) is 0. The number of nitrogens with one attached hydrogen (secondary N) is 1. The number of rotatable bonds is 5. The van der Waals surface area contributed by atoms with E-state index in [9.17, 15) is 31.7 Å². The average molecular weight is 314 g/mol. The highest BCUT2D eigenvalue weighted by Gasteiger charge is 2.29. The van der Waals surface area contributed by atoms with Crippen molar-refractivity contribution in [3.05, 3.63) is 33.9 Å². The Morgan fingerprint density at radius 2 is 2.00 bits per heavy atom. The van der Waals surface area contributed by atoms with Crippen LogP contribution in [0.25, 0.3) is 0 Å². The first kappa shape index (κ1) is 16.3. The molecule has 0 amide bonds. The van der Waals surface area contributed by atoms with Gasteiger partial charge in [0.25, 0.3) is 15.7 Å². The highest BCUT2D eigenvalue weighted by Crippen LogP contribution is 2.22. The van der Waals surface area contributed by atoms with E-state index in [-0.39, 0.29) is 5.56 Å². The summed E-state index contributed by atoms with van der Waals surface area (Å²) >= 11 is 0. The molecule has 0 bridgehead atoms. The first-order chi connectivity index (χ1) is 9.03. The summed E-state index contributed by atoms with van der Waals surface area (Å²) in [4.78, 5) is 14.3. The maximum Gasteiger partial charge on any atom is 0.413 e. The summed E-state index contributed by atoms with van der Waals surface area (Å²) in [5.41, 5.74) is -0.384. The van der Waals surface area contributed by atoms with E-state index in [4.69, 9.17) is 0 Å². The van der Waals surface area contributed by atoms with Gasteiger partial charge in [-0.05, 0) is 12.5 Å². The van der Waals surface area contributed by atoms with E-state index in [0.717, 1.165) is 18.2 Å². The van der Waals surface area contributed by atoms with Crippen LogP contribution < -0.4 is 4.89 Å². The molecule has 0 aliphatic carbocycles. The van der Waals surface area contributed by atoms with Gasteiger partial charge < -0.3 is 0 Å². The van der Waals surface area contributed by atoms with Crippen LogP contribution in [-0.4, -0.2) is 26.1 Å². The molecule has 11 heteroatoms. The Kier molecular flexibility index (Phi) is 4.68. The Morgan fingerprint density at radius 1 is 1.40 bits per heavy atom. The predicted molar refractivity (Wildman–Crippen MR) is 60.2 cm³/mol. The molecule has 0 unspecified atom stereocenters. The van der Waals surface area contributed by atoms with E-state index in [1.807, 2.05) is 0 Å². The molecule has 112 valence electrons. The van der Waals surface area contributed by atoms with Crippen LogP contribution in [0.2, 0.25) is 0 Å². The van der Waals surface area contributed by atoms with Crippen molar-refractivity contribution < 1.29 is 31.3 Å². The van der Waals surface area contributed by atoms with Crippen molar-refractivity contribution in [2.45, 2.75) is 18.0 Å². The number of non-ortho nitro benzene ring substituents is 1. The molecule has 0 radical (unpaired) electrons. The molecule has 0 saturated carbocycles. The molecule has 1 N–H and O–H groups in total. The molecule has 0 aromatic heterocycles. The van der Waals surface area contributed by atoms with Crippen molar-refractivity contribution in [3.8, 4) is 0 Å². The minimum atomic E-state index is -4.71. The zero-order valence-corrected chi connectivity index (χ0v) is 10.8. The lowest BCUT2D eigenvalue weighted by atomic mass is 10.2. The molecule has 20 heavy (non-hydrogen) atoms. The molecular weight excluding hydrogens is 305 g/mol. The van der Waals surface area contributed by atoms with Crippen molar-refractivity contribution in [1.82, 2.24) is 4.89 Å². The molecule has 1 aromatic rings. The van der Waals surface area contributed by atoms with Crippen LogP contribution in [-0.2, 0) is 14.9 Å². The molecule has 0 fully saturated rings. The number of nitro benzene ring substituents is 1. The van der Waals surface area contributed by atoms with Crippen LogP contribution in [0.5, 0.6) is 0 Å². The summed E-state index contributed by atoms with van der Waals surface area (Å²) in [6, 6.07) is 2.97. The standard InChI is InChI=1S/C9H9F3N2O5S/c1-6-2-3-7(14(15)16)4-8(6)20(17,18)13-19-5-9(10,11)12/h2-4,13H,5H2,1H3. The molecule has 1 aromatic carbocycles. The van der Waals surface area contributed by atoms with Crippen LogP contribution in [0.3, 0.4) is 0 Å². The van der Waals surface area contributed by atoms with E-state index >= 15 is 0 Å². The largest absolute Gasteiger partial charge is 0.413 e. The summed E-state index contributed by atoms with van der Waals surface area (Å²) in [5, 5.41) is 10.5. The topological polar surface area (TPSA) is 98.5 Å². The van der Waals surface area contributed by atoms with Crippen LogP contribution >= 0.6 is 0 Å². The first-order valence-electron chi connectivity index (χ1n) is 4.98. The number of alkyl halides is 3. The Labute approximate surface area is 111 Å². The van der Waals surface area contributed by atoms with E-state index in [2.05, 4.69) is 4.84 Å². The maximum atomic E-state index is 11.8. The van der Waals surface area contributed by atoms with Gasteiger partial charge in [0.05, 0.1) is 9.82 Å². The van der Waals surface area contributed by atoms with Gasteiger partial charge in [-0.15, -0.1) is 0 Å². The third-order valence-electron chi connectivity index (χ3n) is 2.08. The van der Waals surface area contributed by atoms with Crippen molar-refractivity contribution in [1.29, 1.82) is 0 Å². The number of benzene rings is 1. The molecule has 7 nitrogen and oxygen atoms in total. The van der Waals surface area contributed by atoms with Gasteiger partial charge in [0, 0.05) is 12.1 Å². The molecule has 0 spiro atoms. The number of nitro groups is 1. The fraction of sp³-hybridized carbons (Fsp3) is 0.333. The molecule has 0 aliphatic heterocycles. The molecule has 0 aliphatic rings. The number of hydrogen-bond acceptors (Lipinski definition) is 5. The van der Waals surface area contributed by atoms with Crippen molar-refractivity contribution >= 4 is 15.7 Å². The number of halogens is 3. The SMILES string of the molecule is Cc1ccc([N+](=O)[O-])cc1S(=O)(=O)NOCC(F)(F)F. The first-order valence-corrected chi connectivity index (χ1v) is 6.46. The van der Waals surface area contributed by atoms with Gasteiger partial charge >= 0.3 is 6.18 Å². The van der Waals surface area contributed by atoms with E-state index < -0.39 is 38.3 Å². The molecular formula is C9H9F3N2O5S. The van der Waals surface area contributed by atoms with Crippen LogP contribution in [0, 0.1) is 17.0 Å². The lowest BCUT2D eigenvalue weighted by Crippen LogP contribution is -2.30. The highest BCUT2D eigenvalue weighted by atomic mass is 32.2. The smallest absolute Gasteiger partial charge is 0.277 e. The summed E-state index contributed by atoms with van der Waals surface area (Å²) < 4.78 is 58.9. The fourth-order valence-electron chi connectivity index (χ4n) is 1.23. The van der Waals surface area contributed by atoms with Gasteiger partial charge in [0.1, 0.15) is 0 Å².